The van der Waals surface area contributed by atoms with Gasteiger partial charge in [0.05, 0.1) is 6.61 Å². The maximum atomic E-state index is 13.2. The van der Waals surface area contributed by atoms with Gasteiger partial charge in [0, 0.05) is 25.0 Å². The first-order valence-electron chi connectivity index (χ1n) is 12.1. The van der Waals surface area contributed by atoms with Crippen LogP contribution in [0.4, 0.5) is 13.2 Å². The summed E-state index contributed by atoms with van der Waals surface area (Å²) < 4.78 is 42.7. The lowest BCUT2D eigenvalue weighted by molar-refractivity contribution is -0.145. The predicted octanol–water partition coefficient (Wildman–Crippen LogP) is 3.72. The Hall–Kier alpha value is -4.09. The maximum absolute atomic E-state index is 13.2. The number of amides is 3. The number of hydrazine groups is 1. The number of nitrogens with one attached hydrogen (secondary N) is 2. The molecule has 2 aromatic rings. The Morgan fingerprint density at radius 2 is 1.76 bits per heavy atom. The Bertz CT molecular complexity index is 1130. The number of carbonyl (C=O) groups is 4. The summed E-state index contributed by atoms with van der Waals surface area (Å²) in [5.74, 6) is -2.88. The van der Waals surface area contributed by atoms with Crippen molar-refractivity contribution in [2.75, 3.05) is 6.61 Å². The van der Waals surface area contributed by atoms with Crippen molar-refractivity contribution in [3.63, 3.8) is 0 Å². The summed E-state index contributed by atoms with van der Waals surface area (Å²) in [4.78, 5) is 52.6. The Morgan fingerprint density at radius 1 is 1.05 bits per heavy atom. The van der Waals surface area contributed by atoms with Gasteiger partial charge in [0.2, 0.25) is 11.8 Å². The summed E-state index contributed by atoms with van der Waals surface area (Å²) >= 11 is 0. The van der Waals surface area contributed by atoms with E-state index in [1.807, 2.05) is 30.3 Å². The molecule has 0 fully saturated rings. The topological polar surface area (TPSA) is 135 Å². The summed E-state index contributed by atoms with van der Waals surface area (Å²) in [5.41, 5.74) is 8.22. The van der Waals surface area contributed by atoms with Gasteiger partial charge in [-0.15, -0.1) is 0 Å². The fourth-order valence-corrected chi connectivity index (χ4v) is 3.41. The number of allylic oxidation sites excluding steroid dienone is 1. The monoisotopic (exact) mass is 536 g/mol. The van der Waals surface area contributed by atoms with Gasteiger partial charge in [0.1, 0.15) is 11.4 Å². The van der Waals surface area contributed by atoms with Gasteiger partial charge in [-0.25, -0.2) is 9.80 Å². The molecule has 1 heterocycles. The molecular weight excluding hydrogens is 505 g/mol. The largest absolute Gasteiger partial charge is 0.461 e. The van der Waals surface area contributed by atoms with Crippen LogP contribution in [0, 0.1) is 0 Å². The highest BCUT2D eigenvalue weighted by Gasteiger charge is 2.29. The SMILES string of the molecule is CCOC(=O)/C(=C/CCCC(N)=O)N(NC(=O)c1ccc(CCC(F)(F)F)[nH]1)C(=O)CCc1ccccc1. The lowest BCUT2D eigenvalue weighted by Gasteiger charge is -2.25. The molecule has 2 rings (SSSR count). The van der Waals surface area contributed by atoms with Gasteiger partial charge in [-0.2, -0.15) is 13.2 Å². The van der Waals surface area contributed by atoms with Crippen molar-refractivity contribution in [1.82, 2.24) is 15.4 Å². The van der Waals surface area contributed by atoms with Crippen LogP contribution in [0.3, 0.4) is 0 Å². The summed E-state index contributed by atoms with van der Waals surface area (Å²) in [5, 5.41) is 0.782. The number of esters is 1. The fraction of sp³-hybridized carbons (Fsp3) is 0.385. The van der Waals surface area contributed by atoms with E-state index < -0.39 is 36.3 Å². The minimum absolute atomic E-state index is 0.00333. The van der Waals surface area contributed by atoms with E-state index in [2.05, 4.69) is 10.4 Å². The van der Waals surface area contributed by atoms with E-state index in [1.54, 1.807) is 6.92 Å². The van der Waals surface area contributed by atoms with Crippen LogP contribution in [-0.4, -0.2) is 46.5 Å². The molecule has 0 saturated carbocycles. The second kappa shape index (κ2) is 14.6. The van der Waals surface area contributed by atoms with Crippen molar-refractivity contribution in [3.8, 4) is 0 Å². The van der Waals surface area contributed by atoms with Gasteiger partial charge in [-0.05, 0) is 50.3 Å². The molecule has 0 saturated heterocycles. The normalized spacial score (nSPS) is 11.6. The number of hydrogen-bond acceptors (Lipinski definition) is 5. The third-order valence-electron chi connectivity index (χ3n) is 5.29. The van der Waals surface area contributed by atoms with Crippen molar-refractivity contribution in [3.05, 3.63) is 71.2 Å². The smallest absolute Gasteiger partial charge is 0.389 e. The summed E-state index contributed by atoms with van der Waals surface area (Å²) in [7, 11) is 0. The Balaban J connectivity index is 2.28. The van der Waals surface area contributed by atoms with E-state index in [1.165, 1.54) is 18.2 Å². The van der Waals surface area contributed by atoms with E-state index in [9.17, 15) is 32.3 Å². The average molecular weight is 537 g/mol. The van der Waals surface area contributed by atoms with Crippen LogP contribution in [0.2, 0.25) is 0 Å². The third-order valence-corrected chi connectivity index (χ3v) is 5.29. The number of aromatic nitrogens is 1. The number of primary amides is 1. The van der Waals surface area contributed by atoms with Crippen LogP contribution in [0.25, 0.3) is 0 Å². The molecule has 3 amide bonds. The van der Waals surface area contributed by atoms with Gasteiger partial charge in [-0.1, -0.05) is 36.4 Å². The Morgan fingerprint density at radius 3 is 2.39 bits per heavy atom. The second-order valence-corrected chi connectivity index (χ2v) is 8.34. The van der Waals surface area contributed by atoms with E-state index in [4.69, 9.17) is 10.5 Å². The Labute approximate surface area is 218 Å². The van der Waals surface area contributed by atoms with Crippen molar-refractivity contribution < 1.29 is 37.1 Å². The molecule has 0 unspecified atom stereocenters. The molecule has 206 valence electrons. The number of ether oxygens (including phenoxy) is 1. The number of aryl methyl sites for hydroxylation is 2. The summed E-state index contributed by atoms with van der Waals surface area (Å²) in [6.07, 6.45) is -3.67. The number of alkyl halides is 3. The number of nitrogens with zero attached hydrogens (tertiary/aromatic N) is 1. The van der Waals surface area contributed by atoms with Gasteiger partial charge in [-0.3, -0.25) is 19.8 Å². The number of aromatic amines is 1. The van der Waals surface area contributed by atoms with Crippen LogP contribution >= 0.6 is 0 Å². The number of nitrogens with two attached hydrogens (primary N) is 1. The highest BCUT2D eigenvalue weighted by molar-refractivity contribution is 5.98. The fourth-order valence-electron chi connectivity index (χ4n) is 3.41. The molecule has 1 aromatic heterocycles. The molecule has 0 aliphatic carbocycles. The number of benzene rings is 1. The molecule has 0 aliphatic rings. The van der Waals surface area contributed by atoms with Crippen molar-refractivity contribution in [2.45, 2.75) is 58.0 Å². The molecule has 0 spiro atoms. The number of carbonyl (C=O) groups excluding carboxylic acids is 4. The zero-order chi connectivity index (χ0) is 28.1. The van der Waals surface area contributed by atoms with Gasteiger partial charge in [0.25, 0.3) is 5.91 Å². The molecule has 9 nitrogen and oxygen atoms in total. The standard InChI is InChI=1S/C26H31F3N4O5/c1-2-38-25(37)21(10-6-7-11-22(30)34)33(23(35)15-12-18-8-4-3-5-9-18)32-24(36)20-14-13-19(31-20)16-17-26(27,28)29/h3-5,8-10,13-14,31H,2,6-7,11-12,15-17H2,1H3,(H2,30,34)(H,32,36)/b21-10-. The number of rotatable bonds is 13. The van der Waals surface area contributed by atoms with Crippen LogP contribution in [0.15, 0.2) is 54.2 Å². The summed E-state index contributed by atoms with van der Waals surface area (Å²) in [6.45, 7) is 1.57. The third kappa shape index (κ3) is 10.5. The van der Waals surface area contributed by atoms with E-state index in [0.717, 1.165) is 10.6 Å². The average Bonchev–Trinajstić information content (AvgIpc) is 3.34. The van der Waals surface area contributed by atoms with Gasteiger partial charge in [0.15, 0.2) is 0 Å². The lowest BCUT2D eigenvalue weighted by Crippen LogP contribution is -2.47. The van der Waals surface area contributed by atoms with Crippen LogP contribution < -0.4 is 11.2 Å². The van der Waals surface area contributed by atoms with E-state index in [0.29, 0.717) is 6.42 Å². The molecule has 0 radical (unpaired) electrons. The van der Waals surface area contributed by atoms with E-state index in [-0.39, 0.29) is 55.8 Å². The lowest BCUT2D eigenvalue weighted by atomic mass is 10.1. The molecule has 0 bridgehead atoms. The zero-order valence-electron chi connectivity index (χ0n) is 21.0. The molecular formula is C26H31F3N4O5. The first-order chi connectivity index (χ1) is 18.0. The van der Waals surface area contributed by atoms with Gasteiger partial charge >= 0.3 is 12.1 Å². The number of unbranched alkanes of at least 4 members (excludes halogenated alkanes) is 1. The molecule has 4 N–H and O–H groups in total. The molecule has 0 atom stereocenters. The first kappa shape index (κ1) is 30.1. The molecule has 38 heavy (non-hydrogen) atoms. The zero-order valence-corrected chi connectivity index (χ0v) is 21.0. The van der Waals surface area contributed by atoms with Crippen molar-refractivity contribution >= 4 is 23.7 Å². The molecule has 12 heteroatoms. The minimum atomic E-state index is -4.36. The first-order valence-corrected chi connectivity index (χ1v) is 12.1. The Kier molecular flexibility index (Phi) is 11.6. The summed E-state index contributed by atoms with van der Waals surface area (Å²) in [6, 6.07) is 11.7. The number of H-pyrrole nitrogens is 1. The van der Waals surface area contributed by atoms with Crippen LogP contribution in [0.5, 0.6) is 0 Å². The maximum Gasteiger partial charge on any atom is 0.389 e. The van der Waals surface area contributed by atoms with Crippen LogP contribution in [-0.2, 0) is 32.0 Å². The highest BCUT2D eigenvalue weighted by Crippen LogP contribution is 2.22. The van der Waals surface area contributed by atoms with Crippen molar-refractivity contribution in [2.24, 2.45) is 5.73 Å². The van der Waals surface area contributed by atoms with E-state index >= 15 is 0 Å². The van der Waals surface area contributed by atoms with Gasteiger partial charge < -0.3 is 15.5 Å². The molecule has 1 aromatic carbocycles. The van der Waals surface area contributed by atoms with Crippen LogP contribution in [0.1, 0.15) is 60.8 Å². The van der Waals surface area contributed by atoms with Crippen molar-refractivity contribution in [1.29, 1.82) is 0 Å². The predicted molar refractivity (Wildman–Crippen MR) is 132 cm³/mol. The highest BCUT2D eigenvalue weighted by atomic mass is 19.4. The number of halogens is 3. The quantitative estimate of drug-likeness (QED) is 0.155. The minimum Gasteiger partial charge on any atom is -0.461 e. The number of hydrogen-bond donors (Lipinski definition) is 3. The molecule has 0 aliphatic heterocycles. The second-order valence-electron chi connectivity index (χ2n) is 8.34.